The summed E-state index contributed by atoms with van der Waals surface area (Å²) in [4.78, 5) is 55.7. The van der Waals surface area contributed by atoms with E-state index in [2.05, 4.69) is 5.32 Å². The van der Waals surface area contributed by atoms with Crippen molar-refractivity contribution >= 4 is 63.5 Å². The largest absolute Gasteiger partial charge is 0.497 e. The Morgan fingerprint density at radius 1 is 1.03 bits per heavy atom. The number of hydrogen-bond acceptors (Lipinski definition) is 8. The maximum atomic E-state index is 13.7. The molecule has 3 atom stereocenters. The molecular weight excluding hydrogens is 562 g/mol. The van der Waals surface area contributed by atoms with Crippen LogP contribution in [0.4, 0.5) is 15.8 Å². The number of carbonyl (C=O) groups is 3. The molecule has 4 aromatic rings. The summed E-state index contributed by atoms with van der Waals surface area (Å²) in [5.74, 6) is -2.30. The van der Waals surface area contributed by atoms with E-state index in [0.717, 1.165) is 32.9 Å². The van der Waals surface area contributed by atoms with Crippen LogP contribution in [0.15, 0.2) is 75.9 Å². The van der Waals surface area contributed by atoms with Crippen molar-refractivity contribution < 1.29 is 23.5 Å². The highest BCUT2D eigenvalue weighted by Crippen LogP contribution is 2.54. The smallest absolute Gasteiger partial charge is 0.308 e. The fourth-order valence-corrected chi connectivity index (χ4v) is 8.61. The number of hydrogen-bond donors (Lipinski definition) is 1. The van der Waals surface area contributed by atoms with Crippen molar-refractivity contribution in [1.29, 1.82) is 0 Å². The molecule has 2 aromatic heterocycles. The standard InChI is InChI=1S/C27H20FN3O5S3/c1-36-17-10-6-15(7-11-17)29-19(32)13-30-26-23(39-27(30)35)20(18-3-2-12-37-18)21-22(38-26)25(34)31(24(21)33)16-8-4-14(28)5-9-16/h2-12,20-22H,13H2,1H3,(H,29,32)/t20-,21?,22?/m1/s1. The molecule has 2 aliphatic heterocycles. The second-order valence-electron chi connectivity index (χ2n) is 8.95. The van der Waals surface area contributed by atoms with Gasteiger partial charge in [0.25, 0.3) is 0 Å². The number of benzene rings is 2. The highest BCUT2D eigenvalue weighted by atomic mass is 32.2. The summed E-state index contributed by atoms with van der Waals surface area (Å²) in [7, 11) is 1.55. The van der Waals surface area contributed by atoms with Crippen LogP contribution in [-0.4, -0.2) is 34.6 Å². The van der Waals surface area contributed by atoms with Gasteiger partial charge in [-0.25, -0.2) is 9.29 Å². The number of thioether (sulfide) groups is 1. The van der Waals surface area contributed by atoms with E-state index in [1.807, 2.05) is 17.5 Å². The summed E-state index contributed by atoms with van der Waals surface area (Å²) in [5, 5.41) is 4.38. The number of halogens is 1. The monoisotopic (exact) mass is 581 g/mol. The lowest BCUT2D eigenvalue weighted by atomic mass is 9.87. The summed E-state index contributed by atoms with van der Waals surface area (Å²) in [5.41, 5.74) is 0.847. The van der Waals surface area contributed by atoms with Crippen molar-refractivity contribution in [3.63, 3.8) is 0 Å². The molecule has 6 rings (SSSR count). The Hall–Kier alpha value is -3.74. The molecule has 1 fully saturated rings. The van der Waals surface area contributed by atoms with E-state index in [9.17, 15) is 23.6 Å². The lowest BCUT2D eigenvalue weighted by Crippen LogP contribution is -2.32. The summed E-state index contributed by atoms with van der Waals surface area (Å²) in [6, 6.07) is 15.8. The molecule has 2 unspecified atom stereocenters. The van der Waals surface area contributed by atoms with Gasteiger partial charge in [-0.1, -0.05) is 29.2 Å². The van der Waals surface area contributed by atoms with Gasteiger partial charge in [-0.15, -0.1) is 11.3 Å². The number of amides is 3. The number of anilines is 2. The predicted molar refractivity (Wildman–Crippen MR) is 148 cm³/mol. The number of nitrogens with zero attached hydrogens (tertiary/aromatic N) is 2. The first-order valence-electron chi connectivity index (χ1n) is 11.9. The normalized spacial score (nSPS) is 20.1. The van der Waals surface area contributed by atoms with Gasteiger partial charge in [-0.3, -0.25) is 23.7 Å². The van der Waals surface area contributed by atoms with Gasteiger partial charge in [0.15, 0.2) is 0 Å². The number of aromatic nitrogens is 1. The van der Waals surface area contributed by atoms with Crippen molar-refractivity contribution in [3.8, 4) is 5.75 Å². The molecule has 0 bridgehead atoms. The Kier molecular flexibility index (Phi) is 6.61. The number of thiophene rings is 1. The lowest BCUT2D eigenvalue weighted by molar-refractivity contribution is -0.122. The molecule has 4 heterocycles. The third-order valence-electron chi connectivity index (χ3n) is 6.66. The van der Waals surface area contributed by atoms with Gasteiger partial charge < -0.3 is 10.1 Å². The zero-order valence-corrected chi connectivity index (χ0v) is 22.8. The molecule has 0 spiro atoms. The van der Waals surface area contributed by atoms with Crippen molar-refractivity contribution in [1.82, 2.24) is 4.57 Å². The molecule has 8 nitrogen and oxygen atoms in total. The topological polar surface area (TPSA) is 97.7 Å². The van der Waals surface area contributed by atoms with Crippen molar-refractivity contribution in [2.24, 2.45) is 5.92 Å². The maximum Gasteiger partial charge on any atom is 0.308 e. The molecule has 0 saturated carbocycles. The van der Waals surface area contributed by atoms with Crippen molar-refractivity contribution in [3.05, 3.63) is 91.3 Å². The number of ether oxygens (including phenoxy) is 1. The molecular formula is C27H20FN3O5S3. The highest BCUT2D eigenvalue weighted by molar-refractivity contribution is 8.00. The van der Waals surface area contributed by atoms with Gasteiger partial charge >= 0.3 is 4.87 Å². The van der Waals surface area contributed by atoms with Crippen LogP contribution in [0, 0.1) is 11.7 Å². The zero-order valence-electron chi connectivity index (χ0n) is 20.3. The average molecular weight is 582 g/mol. The van der Waals surface area contributed by atoms with Gasteiger partial charge in [0, 0.05) is 21.4 Å². The molecule has 1 saturated heterocycles. The molecule has 2 aromatic carbocycles. The number of methoxy groups -OCH3 is 1. The first-order valence-corrected chi connectivity index (χ1v) is 14.4. The first kappa shape index (κ1) is 25.5. The maximum absolute atomic E-state index is 13.7. The van der Waals surface area contributed by atoms with E-state index in [1.54, 1.807) is 31.4 Å². The highest BCUT2D eigenvalue weighted by Gasteiger charge is 2.57. The number of fused-ring (bicyclic) bond motifs is 2. The van der Waals surface area contributed by atoms with E-state index < -0.39 is 40.6 Å². The molecule has 39 heavy (non-hydrogen) atoms. The van der Waals surface area contributed by atoms with E-state index in [4.69, 9.17) is 4.74 Å². The van der Waals surface area contributed by atoms with Gasteiger partial charge in [0.1, 0.15) is 23.4 Å². The Balaban J connectivity index is 1.35. The number of nitrogens with one attached hydrogen (secondary N) is 1. The van der Waals surface area contributed by atoms with Gasteiger partial charge in [-0.2, -0.15) is 0 Å². The Morgan fingerprint density at radius 3 is 2.44 bits per heavy atom. The third kappa shape index (κ3) is 4.48. The summed E-state index contributed by atoms with van der Waals surface area (Å²) >= 11 is 3.57. The fraction of sp³-hybridized carbons (Fsp3) is 0.185. The minimum atomic E-state index is -0.799. The molecule has 2 aliphatic rings. The molecule has 0 radical (unpaired) electrons. The number of thiazole rings is 1. The van der Waals surface area contributed by atoms with Crippen LogP contribution >= 0.6 is 34.4 Å². The third-order valence-corrected chi connectivity index (χ3v) is 10.2. The summed E-state index contributed by atoms with van der Waals surface area (Å²) in [6.07, 6.45) is 0. The minimum absolute atomic E-state index is 0.248. The molecule has 198 valence electrons. The molecule has 12 heteroatoms. The van der Waals surface area contributed by atoms with E-state index in [-0.39, 0.29) is 11.4 Å². The Labute approximate surface area is 234 Å². The number of carbonyl (C=O) groups excluding carboxylic acids is 3. The number of rotatable bonds is 6. The van der Waals surface area contributed by atoms with Crippen LogP contribution in [0.5, 0.6) is 5.75 Å². The van der Waals surface area contributed by atoms with Crippen LogP contribution in [0.3, 0.4) is 0 Å². The van der Waals surface area contributed by atoms with Crippen LogP contribution in [0.1, 0.15) is 15.7 Å². The van der Waals surface area contributed by atoms with Crippen molar-refractivity contribution in [2.75, 3.05) is 17.3 Å². The fourth-order valence-electron chi connectivity index (χ4n) is 4.89. The van der Waals surface area contributed by atoms with E-state index in [0.29, 0.717) is 27.0 Å². The van der Waals surface area contributed by atoms with Crippen LogP contribution < -0.4 is 19.8 Å². The quantitative estimate of drug-likeness (QED) is 0.336. The predicted octanol–water partition coefficient (Wildman–Crippen LogP) is 4.55. The second-order valence-corrected chi connectivity index (χ2v) is 12.0. The lowest BCUT2D eigenvalue weighted by Gasteiger charge is -2.29. The number of imide groups is 1. The average Bonchev–Trinajstić information content (AvgIpc) is 3.63. The minimum Gasteiger partial charge on any atom is -0.497 e. The van der Waals surface area contributed by atoms with Gasteiger partial charge in [0.05, 0.1) is 23.7 Å². The van der Waals surface area contributed by atoms with Crippen LogP contribution in [0.2, 0.25) is 0 Å². The van der Waals surface area contributed by atoms with E-state index >= 15 is 0 Å². The summed E-state index contributed by atoms with van der Waals surface area (Å²) < 4.78 is 20.1. The Bertz CT molecular complexity index is 1630. The van der Waals surface area contributed by atoms with E-state index in [1.165, 1.54) is 40.2 Å². The zero-order chi connectivity index (χ0) is 27.3. The first-order chi connectivity index (χ1) is 18.9. The molecule has 0 aliphatic carbocycles. The summed E-state index contributed by atoms with van der Waals surface area (Å²) in [6.45, 7) is -0.248. The van der Waals surface area contributed by atoms with Gasteiger partial charge in [0.2, 0.25) is 17.7 Å². The van der Waals surface area contributed by atoms with Gasteiger partial charge in [-0.05, 0) is 60.0 Å². The van der Waals surface area contributed by atoms with Crippen LogP contribution in [-0.2, 0) is 20.9 Å². The van der Waals surface area contributed by atoms with Crippen LogP contribution in [0.25, 0.3) is 0 Å². The SMILES string of the molecule is COc1ccc(NC(=O)Cn2c3c(sc2=O)[C@H](c2cccs2)C2C(=O)N(c4ccc(F)cc4)C(=O)C2S3)cc1. The Morgan fingerprint density at radius 2 is 1.77 bits per heavy atom. The molecule has 1 N–H and O–H groups in total. The van der Waals surface area contributed by atoms with Crippen molar-refractivity contribution in [2.45, 2.75) is 22.7 Å². The second kappa shape index (κ2) is 10.1. The molecule has 3 amide bonds.